The number of hydrogen-bond acceptors (Lipinski definition) is 3. The molecule has 0 aromatic heterocycles. The van der Waals surface area contributed by atoms with Crippen molar-refractivity contribution in [2.24, 2.45) is 0 Å². The summed E-state index contributed by atoms with van der Waals surface area (Å²) in [5, 5.41) is 2.86. The lowest BCUT2D eigenvalue weighted by Crippen LogP contribution is -2.44. The van der Waals surface area contributed by atoms with Gasteiger partial charge in [-0.25, -0.2) is 4.79 Å². The molecule has 1 fully saturated rings. The van der Waals surface area contributed by atoms with Crippen LogP contribution in [0.1, 0.15) is 49.3 Å². The lowest BCUT2D eigenvalue weighted by molar-refractivity contribution is 0.0458. The molecule has 0 radical (unpaired) electrons. The molecule has 1 heterocycles. The molecule has 1 aliphatic heterocycles. The molecule has 0 bridgehead atoms. The van der Waals surface area contributed by atoms with E-state index in [1.54, 1.807) is 0 Å². The van der Waals surface area contributed by atoms with E-state index >= 15 is 0 Å². The molecule has 1 N–H and O–H groups in total. The van der Waals surface area contributed by atoms with Crippen molar-refractivity contribution in [3.8, 4) is 0 Å². The molecular weight excluding hydrogens is 348 g/mol. The van der Waals surface area contributed by atoms with Crippen molar-refractivity contribution in [3.63, 3.8) is 0 Å². The number of fused-ring (bicyclic) bond motifs is 1. The molecule has 1 saturated heterocycles. The van der Waals surface area contributed by atoms with Gasteiger partial charge in [0.25, 0.3) is 0 Å². The highest BCUT2D eigenvalue weighted by Gasteiger charge is 2.30. The Morgan fingerprint density at radius 1 is 1.00 bits per heavy atom. The molecule has 0 unspecified atom stereocenters. The van der Waals surface area contributed by atoms with Gasteiger partial charge in [0.15, 0.2) is 0 Å². The van der Waals surface area contributed by atoms with Crippen LogP contribution in [0.25, 0.3) is 0 Å². The van der Waals surface area contributed by atoms with Crippen LogP contribution < -0.4 is 5.32 Å². The fourth-order valence-corrected chi connectivity index (χ4v) is 4.40. The highest BCUT2D eigenvalue weighted by molar-refractivity contribution is 5.84. The molecule has 4 heteroatoms. The number of ether oxygens (including phenoxy) is 1. The fourth-order valence-electron chi connectivity index (χ4n) is 4.40. The molecule has 1 amide bonds. The summed E-state index contributed by atoms with van der Waals surface area (Å²) in [6.07, 6.45) is 3.78. The predicted molar refractivity (Wildman–Crippen MR) is 113 cm³/mol. The lowest BCUT2D eigenvalue weighted by Gasteiger charge is -2.35. The van der Waals surface area contributed by atoms with Crippen molar-refractivity contribution >= 4 is 11.8 Å². The quantitative estimate of drug-likeness (QED) is 0.815. The zero-order valence-electron chi connectivity index (χ0n) is 16.9. The highest BCUT2D eigenvalue weighted by Crippen LogP contribution is 2.28. The van der Waals surface area contributed by atoms with Gasteiger partial charge in [-0.15, -0.1) is 0 Å². The van der Waals surface area contributed by atoms with Crippen LogP contribution in [0.4, 0.5) is 10.5 Å². The van der Waals surface area contributed by atoms with Crippen LogP contribution in [0.2, 0.25) is 0 Å². The van der Waals surface area contributed by atoms with Crippen LogP contribution >= 0.6 is 0 Å². The first-order valence-electron chi connectivity index (χ1n) is 10.5. The topological polar surface area (TPSA) is 41.6 Å². The highest BCUT2D eigenvalue weighted by atomic mass is 16.6. The number of anilines is 1. The maximum Gasteiger partial charge on any atom is 0.411 e. The number of likely N-dealkylation sites (tertiary alicyclic amines) is 1. The van der Waals surface area contributed by atoms with E-state index in [1.165, 1.54) is 16.7 Å². The largest absolute Gasteiger partial charge is 0.446 e. The molecule has 4 nitrogen and oxygen atoms in total. The van der Waals surface area contributed by atoms with Gasteiger partial charge in [0, 0.05) is 24.8 Å². The van der Waals surface area contributed by atoms with Crippen LogP contribution in [0.15, 0.2) is 48.5 Å². The number of nitrogens with zero attached hydrogens (tertiary/aromatic N) is 1. The molecule has 2 aromatic carbocycles. The fraction of sp³-hybridized carbons (Fsp3) is 0.458. The first-order chi connectivity index (χ1) is 13.6. The molecule has 4 rings (SSSR count). The van der Waals surface area contributed by atoms with Gasteiger partial charge in [0.2, 0.25) is 0 Å². The number of piperidine rings is 1. The summed E-state index contributed by atoms with van der Waals surface area (Å²) in [5.74, 6) is 0.485. The second kappa shape index (κ2) is 8.36. The van der Waals surface area contributed by atoms with Crippen molar-refractivity contribution in [1.82, 2.24) is 4.90 Å². The monoisotopic (exact) mass is 378 g/mol. The first kappa shape index (κ1) is 19.0. The van der Waals surface area contributed by atoms with Crippen molar-refractivity contribution in [1.29, 1.82) is 0 Å². The maximum absolute atomic E-state index is 12.2. The van der Waals surface area contributed by atoms with Gasteiger partial charge in [-0.2, -0.15) is 0 Å². The third-order valence-corrected chi connectivity index (χ3v) is 6.12. The third kappa shape index (κ3) is 4.39. The standard InChI is InChI=1S/C24H30N2O2/c1-17(2)18-7-9-21(10-8-18)25-24(27)28-23-11-13-26(14-12-23)22-15-19-5-3-4-6-20(19)16-22/h3-10,17,22-23H,11-16H2,1-2H3,(H,25,27). The summed E-state index contributed by atoms with van der Waals surface area (Å²) in [5.41, 5.74) is 5.04. The summed E-state index contributed by atoms with van der Waals surface area (Å²) in [6.45, 7) is 6.32. The van der Waals surface area contributed by atoms with Gasteiger partial charge in [-0.1, -0.05) is 50.2 Å². The predicted octanol–water partition coefficient (Wildman–Crippen LogP) is 4.99. The van der Waals surface area contributed by atoms with Gasteiger partial charge in [-0.05, 0) is 60.4 Å². The van der Waals surface area contributed by atoms with E-state index in [9.17, 15) is 4.79 Å². The average Bonchev–Trinajstić information content (AvgIpc) is 3.13. The molecule has 28 heavy (non-hydrogen) atoms. The number of rotatable bonds is 4. The molecule has 0 atom stereocenters. The molecule has 2 aliphatic rings. The Bertz CT molecular complexity index is 783. The number of amides is 1. The SMILES string of the molecule is CC(C)c1ccc(NC(=O)OC2CCN(C3Cc4ccccc4C3)CC2)cc1. The third-order valence-electron chi connectivity index (χ3n) is 6.12. The Labute approximate surface area is 167 Å². The van der Waals surface area contributed by atoms with E-state index < -0.39 is 0 Å². The molecule has 0 spiro atoms. The Balaban J connectivity index is 1.23. The number of carbonyl (C=O) groups is 1. The molecule has 2 aromatic rings. The Morgan fingerprint density at radius 2 is 1.61 bits per heavy atom. The van der Waals surface area contributed by atoms with E-state index in [2.05, 4.69) is 60.5 Å². The van der Waals surface area contributed by atoms with E-state index in [-0.39, 0.29) is 12.2 Å². The van der Waals surface area contributed by atoms with Crippen molar-refractivity contribution in [3.05, 3.63) is 65.2 Å². The van der Waals surface area contributed by atoms with E-state index in [1.807, 2.05) is 12.1 Å². The molecular formula is C24H30N2O2. The average molecular weight is 379 g/mol. The maximum atomic E-state index is 12.2. The van der Waals surface area contributed by atoms with Gasteiger partial charge in [-0.3, -0.25) is 10.2 Å². The zero-order valence-corrected chi connectivity index (χ0v) is 16.9. The minimum Gasteiger partial charge on any atom is -0.446 e. The van der Waals surface area contributed by atoms with Gasteiger partial charge < -0.3 is 4.74 Å². The molecule has 148 valence electrons. The van der Waals surface area contributed by atoms with Crippen LogP contribution in [0, 0.1) is 0 Å². The normalized spacial score (nSPS) is 18.2. The second-order valence-corrected chi connectivity index (χ2v) is 8.37. The van der Waals surface area contributed by atoms with Gasteiger partial charge in [0.1, 0.15) is 6.10 Å². The minimum absolute atomic E-state index is 0.00923. The first-order valence-corrected chi connectivity index (χ1v) is 10.5. The Hall–Kier alpha value is -2.33. The Kier molecular flexibility index (Phi) is 5.67. The van der Waals surface area contributed by atoms with Crippen LogP contribution in [0.5, 0.6) is 0 Å². The number of benzene rings is 2. The van der Waals surface area contributed by atoms with Crippen LogP contribution in [0.3, 0.4) is 0 Å². The van der Waals surface area contributed by atoms with Crippen LogP contribution in [-0.4, -0.2) is 36.2 Å². The summed E-state index contributed by atoms with van der Waals surface area (Å²) in [6, 6.07) is 17.4. The number of hydrogen-bond donors (Lipinski definition) is 1. The molecule has 0 saturated carbocycles. The summed E-state index contributed by atoms with van der Waals surface area (Å²) in [7, 11) is 0. The van der Waals surface area contributed by atoms with Gasteiger partial charge in [0.05, 0.1) is 0 Å². The lowest BCUT2D eigenvalue weighted by atomic mass is 10.0. The molecule has 1 aliphatic carbocycles. The summed E-state index contributed by atoms with van der Waals surface area (Å²) < 4.78 is 5.67. The number of carbonyl (C=O) groups excluding carboxylic acids is 1. The number of nitrogens with one attached hydrogen (secondary N) is 1. The van der Waals surface area contributed by atoms with Crippen molar-refractivity contribution in [2.45, 2.75) is 57.6 Å². The summed E-state index contributed by atoms with van der Waals surface area (Å²) in [4.78, 5) is 14.8. The second-order valence-electron chi connectivity index (χ2n) is 8.37. The smallest absolute Gasteiger partial charge is 0.411 e. The van der Waals surface area contributed by atoms with E-state index in [4.69, 9.17) is 4.74 Å². The van der Waals surface area contributed by atoms with Crippen LogP contribution in [-0.2, 0) is 17.6 Å². The zero-order chi connectivity index (χ0) is 19.5. The minimum atomic E-state index is -0.344. The van der Waals surface area contributed by atoms with E-state index in [0.29, 0.717) is 12.0 Å². The van der Waals surface area contributed by atoms with Crippen molar-refractivity contribution in [2.75, 3.05) is 18.4 Å². The summed E-state index contributed by atoms with van der Waals surface area (Å²) >= 11 is 0. The van der Waals surface area contributed by atoms with Crippen molar-refractivity contribution < 1.29 is 9.53 Å². The van der Waals surface area contributed by atoms with E-state index in [0.717, 1.165) is 44.5 Å². The van der Waals surface area contributed by atoms with Gasteiger partial charge >= 0.3 is 6.09 Å². The Morgan fingerprint density at radius 3 is 2.18 bits per heavy atom.